The lowest BCUT2D eigenvalue weighted by atomic mass is 9.74. The van der Waals surface area contributed by atoms with Gasteiger partial charge < -0.3 is 9.84 Å². The van der Waals surface area contributed by atoms with Gasteiger partial charge in [0.25, 0.3) is 0 Å². The fourth-order valence-electron chi connectivity index (χ4n) is 5.02. The van der Waals surface area contributed by atoms with Crippen molar-refractivity contribution in [2.75, 3.05) is 39.1 Å². The number of rotatable bonds is 5. The molecule has 0 bridgehead atoms. The zero-order chi connectivity index (χ0) is 23.4. The van der Waals surface area contributed by atoms with Crippen molar-refractivity contribution in [2.24, 2.45) is 0 Å². The van der Waals surface area contributed by atoms with Crippen LogP contribution in [-0.4, -0.2) is 73.9 Å². The number of hydrogen-bond acceptors (Lipinski definition) is 5. The molecule has 2 heterocycles. The molecule has 6 nitrogen and oxygen atoms in total. The number of fused-ring (bicyclic) bond motifs is 1. The predicted octanol–water partition coefficient (Wildman–Crippen LogP) is 2.67. The summed E-state index contributed by atoms with van der Waals surface area (Å²) in [6, 6.07) is 15.9. The average Bonchev–Trinajstić information content (AvgIpc) is 2.82. The molecule has 0 amide bonds. The van der Waals surface area contributed by atoms with Gasteiger partial charge in [-0.3, -0.25) is 4.90 Å². The van der Waals surface area contributed by atoms with Crippen molar-refractivity contribution in [3.63, 3.8) is 0 Å². The first-order valence-electron chi connectivity index (χ1n) is 11.6. The number of aliphatic hydroxyl groups excluding tert-OH is 1. The van der Waals surface area contributed by atoms with Crippen LogP contribution in [-0.2, 0) is 10.0 Å². The number of methoxy groups -OCH3 is 1. The minimum atomic E-state index is -3.24. The molecule has 0 aliphatic carbocycles. The second-order valence-electron chi connectivity index (χ2n) is 8.62. The molecule has 2 aromatic rings. The van der Waals surface area contributed by atoms with Crippen molar-refractivity contribution in [2.45, 2.75) is 37.8 Å². The highest BCUT2D eigenvalue weighted by Crippen LogP contribution is 2.42. The zero-order valence-corrected chi connectivity index (χ0v) is 20.1. The van der Waals surface area contributed by atoms with Gasteiger partial charge in [-0.2, -0.15) is 0 Å². The summed E-state index contributed by atoms with van der Waals surface area (Å²) < 4.78 is 32.2. The van der Waals surface area contributed by atoms with Crippen molar-refractivity contribution in [3.05, 3.63) is 65.2 Å². The monoisotopic (exact) mass is 468 g/mol. The second-order valence-corrected chi connectivity index (χ2v) is 10.9. The number of nitrogens with zero attached hydrogens (tertiary/aromatic N) is 2. The number of para-hydroxylation sites is 1. The van der Waals surface area contributed by atoms with Gasteiger partial charge in [-0.25, -0.2) is 12.7 Å². The minimum absolute atomic E-state index is 0.0183. The van der Waals surface area contributed by atoms with Crippen molar-refractivity contribution < 1.29 is 18.3 Å². The third-order valence-corrected chi connectivity index (χ3v) is 8.68. The number of hydrogen-bond donors (Lipinski definition) is 1. The third-order valence-electron chi connectivity index (χ3n) is 6.83. The Bertz CT molecular complexity index is 1120. The molecule has 2 fully saturated rings. The maximum atomic E-state index is 12.6. The van der Waals surface area contributed by atoms with Crippen molar-refractivity contribution in [1.82, 2.24) is 9.21 Å². The molecule has 2 aliphatic heterocycles. The van der Waals surface area contributed by atoms with Gasteiger partial charge in [0.2, 0.25) is 10.0 Å². The average molecular weight is 469 g/mol. The highest BCUT2D eigenvalue weighted by atomic mass is 32.2. The molecule has 33 heavy (non-hydrogen) atoms. The van der Waals surface area contributed by atoms with E-state index in [4.69, 9.17) is 4.74 Å². The molecule has 1 N–H and O–H groups in total. The Morgan fingerprint density at radius 1 is 1.06 bits per heavy atom. The van der Waals surface area contributed by atoms with Gasteiger partial charge in [0.15, 0.2) is 0 Å². The van der Waals surface area contributed by atoms with Crippen LogP contribution < -0.4 is 4.74 Å². The summed E-state index contributed by atoms with van der Waals surface area (Å²) in [7, 11) is -1.61. The lowest BCUT2D eigenvalue weighted by Gasteiger charge is -2.57. The van der Waals surface area contributed by atoms with Crippen LogP contribution in [0.3, 0.4) is 0 Å². The number of benzene rings is 2. The van der Waals surface area contributed by atoms with Crippen LogP contribution in [0.25, 0.3) is 0 Å². The van der Waals surface area contributed by atoms with E-state index in [0.717, 1.165) is 41.8 Å². The molecule has 2 aromatic carbocycles. The predicted molar refractivity (Wildman–Crippen MR) is 130 cm³/mol. The summed E-state index contributed by atoms with van der Waals surface area (Å²) in [4.78, 5) is 2.29. The smallest absolute Gasteiger partial charge is 0.213 e. The van der Waals surface area contributed by atoms with Gasteiger partial charge in [-0.15, -0.1) is 0 Å². The molecule has 7 heteroatoms. The first-order valence-corrected chi connectivity index (χ1v) is 13.2. The topological polar surface area (TPSA) is 70.1 Å². The van der Waals surface area contributed by atoms with E-state index in [1.807, 2.05) is 36.4 Å². The Hall–Kier alpha value is -2.37. The SMILES string of the molecule is CCS(=O)(=O)N1CCCCN2[C@H](CO)[C@@H](c3ccc(C#Cc4ccccc4OC)cc3)[C@H]2C1. The highest BCUT2D eigenvalue weighted by Gasteiger charge is 2.49. The summed E-state index contributed by atoms with van der Waals surface area (Å²) in [6.45, 7) is 3.72. The Morgan fingerprint density at radius 2 is 1.79 bits per heavy atom. The standard InChI is InChI=1S/C26H32N2O4S/c1-3-33(30,31)27-16-6-7-17-28-23(18-27)26(24(28)19-29)22-14-11-20(12-15-22)10-13-21-8-4-5-9-25(21)32-2/h4-5,8-9,11-12,14-15,23-24,26,29H,3,6-7,16-19H2,1-2H3/t23-,24-,26+/m1/s1. The lowest BCUT2D eigenvalue weighted by Crippen LogP contribution is -2.67. The number of sulfonamides is 1. The Kier molecular flexibility index (Phi) is 7.40. The van der Waals surface area contributed by atoms with Crippen LogP contribution in [0.5, 0.6) is 5.75 Å². The Labute approximate surface area is 197 Å². The zero-order valence-electron chi connectivity index (χ0n) is 19.3. The summed E-state index contributed by atoms with van der Waals surface area (Å²) in [5, 5.41) is 10.1. The molecule has 0 aromatic heterocycles. The van der Waals surface area contributed by atoms with Crippen molar-refractivity contribution in [1.29, 1.82) is 0 Å². The van der Waals surface area contributed by atoms with E-state index >= 15 is 0 Å². The van der Waals surface area contributed by atoms with E-state index in [0.29, 0.717) is 13.1 Å². The largest absolute Gasteiger partial charge is 0.495 e. The third kappa shape index (κ3) is 4.95. The number of ether oxygens (including phenoxy) is 1. The maximum Gasteiger partial charge on any atom is 0.213 e. The van der Waals surface area contributed by atoms with E-state index in [1.165, 1.54) is 0 Å². The first kappa shape index (κ1) is 23.8. The fraction of sp³-hybridized carbons (Fsp3) is 0.462. The molecular weight excluding hydrogens is 436 g/mol. The van der Waals surface area contributed by atoms with Gasteiger partial charge in [0, 0.05) is 36.7 Å². The van der Waals surface area contributed by atoms with Gasteiger partial charge in [0.1, 0.15) is 5.75 Å². The molecule has 3 atom stereocenters. The molecule has 2 saturated heterocycles. The molecule has 2 aliphatic rings. The van der Waals surface area contributed by atoms with Crippen LogP contribution in [0.2, 0.25) is 0 Å². The van der Waals surface area contributed by atoms with Gasteiger partial charge in [-0.05, 0) is 56.1 Å². The van der Waals surface area contributed by atoms with Crippen LogP contribution in [0.15, 0.2) is 48.5 Å². The van der Waals surface area contributed by atoms with Gasteiger partial charge in [0.05, 0.1) is 25.0 Å². The second kappa shape index (κ2) is 10.3. The van der Waals surface area contributed by atoms with E-state index in [9.17, 15) is 13.5 Å². The summed E-state index contributed by atoms with van der Waals surface area (Å²) in [5.74, 6) is 7.33. The van der Waals surface area contributed by atoms with Crippen LogP contribution >= 0.6 is 0 Å². The number of aliphatic hydroxyl groups is 1. The van der Waals surface area contributed by atoms with E-state index < -0.39 is 10.0 Å². The molecule has 0 saturated carbocycles. The van der Waals surface area contributed by atoms with Crippen molar-refractivity contribution in [3.8, 4) is 17.6 Å². The maximum absolute atomic E-state index is 12.6. The molecule has 176 valence electrons. The molecule has 4 rings (SSSR count). The fourth-order valence-corrected chi connectivity index (χ4v) is 6.17. The highest BCUT2D eigenvalue weighted by molar-refractivity contribution is 7.89. The lowest BCUT2D eigenvalue weighted by molar-refractivity contribution is -0.0553. The molecule has 0 unspecified atom stereocenters. The first-order chi connectivity index (χ1) is 16.0. The summed E-state index contributed by atoms with van der Waals surface area (Å²) in [6.07, 6.45) is 1.79. The Morgan fingerprint density at radius 3 is 2.48 bits per heavy atom. The minimum Gasteiger partial charge on any atom is -0.495 e. The quantitative estimate of drug-likeness (QED) is 0.684. The molecule has 0 spiro atoms. The Balaban J connectivity index is 1.55. The van der Waals surface area contributed by atoms with E-state index in [1.54, 1.807) is 18.3 Å². The van der Waals surface area contributed by atoms with Crippen LogP contribution in [0.4, 0.5) is 0 Å². The van der Waals surface area contributed by atoms with Gasteiger partial charge in [-0.1, -0.05) is 36.1 Å². The van der Waals surface area contributed by atoms with Crippen LogP contribution in [0, 0.1) is 11.8 Å². The normalized spacial score (nSPS) is 23.9. The molecular formula is C26H32N2O4S. The van der Waals surface area contributed by atoms with Crippen LogP contribution in [0.1, 0.15) is 42.4 Å². The van der Waals surface area contributed by atoms with E-state index in [2.05, 4.69) is 28.9 Å². The van der Waals surface area contributed by atoms with Gasteiger partial charge >= 0.3 is 0 Å². The summed E-state index contributed by atoms with van der Waals surface area (Å²) >= 11 is 0. The molecule has 0 radical (unpaired) electrons. The van der Waals surface area contributed by atoms with Crippen molar-refractivity contribution >= 4 is 10.0 Å². The summed E-state index contributed by atoms with van der Waals surface area (Å²) in [5.41, 5.74) is 2.85. The van der Waals surface area contributed by atoms with E-state index in [-0.39, 0.29) is 30.4 Å².